The summed E-state index contributed by atoms with van der Waals surface area (Å²) in [5, 5.41) is 1.25. The van der Waals surface area contributed by atoms with Gasteiger partial charge in [-0.25, -0.2) is 0 Å². The van der Waals surface area contributed by atoms with Crippen LogP contribution in [0.15, 0.2) is 41.5 Å². The summed E-state index contributed by atoms with van der Waals surface area (Å²) in [5.74, 6) is 2.79. The Labute approximate surface area is 153 Å². The number of nitrogens with zero attached hydrogens (tertiary/aromatic N) is 1. The van der Waals surface area contributed by atoms with Gasteiger partial charge in [-0.15, -0.1) is 6.42 Å². The summed E-state index contributed by atoms with van der Waals surface area (Å²) in [4.78, 5) is 0. The highest BCUT2D eigenvalue weighted by molar-refractivity contribution is 7.18. The third kappa shape index (κ3) is 3.94. The first-order valence-corrected chi connectivity index (χ1v) is 8.53. The highest BCUT2D eigenvalue weighted by atomic mass is 79.9. The molecule has 120 valence electrons. The SMILES string of the molecule is C#CC[n+]1c(C=C2C=C(C)CC(C)(C)C2)sc2ccccc21.[Br-]. The minimum absolute atomic E-state index is 0. The molecule has 0 unspecified atom stereocenters. The van der Waals surface area contributed by atoms with Crippen molar-refractivity contribution in [3.8, 4) is 12.3 Å². The number of hydrogen-bond donors (Lipinski definition) is 0. The zero-order valence-corrected chi connectivity index (χ0v) is 16.3. The van der Waals surface area contributed by atoms with Gasteiger partial charge in [0, 0.05) is 12.1 Å². The van der Waals surface area contributed by atoms with E-state index in [2.05, 4.69) is 67.7 Å². The van der Waals surface area contributed by atoms with Crippen LogP contribution < -0.4 is 21.5 Å². The van der Waals surface area contributed by atoms with Gasteiger partial charge in [-0.3, -0.25) is 0 Å². The molecule has 0 N–H and O–H groups in total. The van der Waals surface area contributed by atoms with Crippen LogP contribution in [0.3, 0.4) is 0 Å². The summed E-state index contributed by atoms with van der Waals surface area (Å²) >= 11 is 1.82. The topological polar surface area (TPSA) is 3.88 Å². The minimum atomic E-state index is 0. The largest absolute Gasteiger partial charge is 1.00 e. The number of allylic oxidation sites excluding steroid dienone is 3. The highest BCUT2D eigenvalue weighted by Gasteiger charge is 2.25. The molecule has 0 saturated heterocycles. The van der Waals surface area contributed by atoms with Crippen LogP contribution in [0.5, 0.6) is 0 Å². The Kier molecular flexibility index (Phi) is 5.49. The third-order valence-electron chi connectivity index (χ3n) is 4.07. The van der Waals surface area contributed by atoms with Crippen LogP contribution in [-0.4, -0.2) is 0 Å². The number of para-hydroxylation sites is 1. The first-order chi connectivity index (χ1) is 10.5. The lowest BCUT2D eigenvalue weighted by Crippen LogP contribution is -3.00. The molecule has 0 aliphatic heterocycles. The van der Waals surface area contributed by atoms with Crippen LogP contribution in [0.2, 0.25) is 0 Å². The number of thiazole rings is 1. The maximum absolute atomic E-state index is 5.58. The smallest absolute Gasteiger partial charge is 0.263 e. The van der Waals surface area contributed by atoms with E-state index >= 15 is 0 Å². The second kappa shape index (κ2) is 7.03. The van der Waals surface area contributed by atoms with E-state index in [0.29, 0.717) is 12.0 Å². The van der Waals surface area contributed by atoms with Gasteiger partial charge in [0.1, 0.15) is 4.70 Å². The average molecular weight is 388 g/mol. The van der Waals surface area contributed by atoms with Crippen LogP contribution >= 0.6 is 11.3 Å². The van der Waals surface area contributed by atoms with Crippen molar-refractivity contribution in [2.24, 2.45) is 5.41 Å². The van der Waals surface area contributed by atoms with E-state index in [4.69, 9.17) is 6.42 Å². The van der Waals surface area contributed by atoms with Gasteiger partial charge in [-0.2, -0.15) is 4.57 Å². The maximum atomic E-state index is 5.58. The lowest BCUT2D eigenvalue weighted by Gasteiger charge is -2.29. The number of aromatic nitrogens is 1. The third-order valence-corrected chi connectivity index (χ3v) is 5.18. The molecule has 23 heavy (non-hydrogen) atoms. The molecule has 2 aromatic rings. The molecule has 1 aliphatic rings. The average Bonchev–Trinajstić information content (AvgIpc) is 2.75. The standard InChI is InChI=1S/C20H22NS.BrH/c1-5-10-21-17-8-6-7-9-18(17)22-19(21)12-16-11-15(2)13-20(3,4)14-16;/h1,6-9,11-12H,10,13-14H2,2-4H3;1H/q+1;/p-1. The number of rotatable bonds is 2. The van der Waals surface area contributed by atoms with E-state index in [1.807, 2.05) is 11.3 Å². The lowest BCUT2D eigenvalue weighted by molar-refractivity contribution is -0.656. The Morgan fingerprint density at radius 3 is 2.74 bits per heavy atom. The predicted molar refractivity (Wildman–Crippen MR) is 95.6 cm³/mol. The predicted octanol–water partition coefficient (Wildman–Crippen LogP) is 1.98. The quantitative estimate of drug-likeness (QED) is 0.547. The molecular weight excluding hydrogens is 366 g/mol. The first-order valence-electron chi connectivity index (χ1n) is 7.71. The van der Waals surface area contributed by atoms with Crippen molar-refractivity contribution in [1.82, 2.24) is 0 Å². The summed E-state index contributed by atoms with van der Waals surface area (Å²) in [7, 11) is 0. The summed E-state index contributed by atoms with van der Waals surface area (Å²) in [6.07, 6.45) is 12.5. The zero-order valence-electron chi connectivity index (χ0n) is 13.9. The number of fused-ring (bicyclic) bond motifs is 1. The molecule has 3 rings (SSSR count). The second-order valence-electron chi connectivity index (χ2n) is 6.93. The van der Waals surface area contributed by atoms with E-state index < -0.39 is 0 Å². The number of hydrogen-bond acceptors (Lipinski definition) is 1. The number of benzene rings is 1. The van der Waals surface area contributed by atoms with Crippen molar-refractivity contribution >= 4 is 27.6 Å². The minimum Gasteiger partial charge on any atom is -1.00 e. The summed E-state index contributed by atoms with van der Waals surface area (Å²) in [6, 6.07) is 8.48. The van der Waals surface area contributed by atoms with Crippen molar-refractivity contribution < 1.29 is 21.5 Å². The van der Waals surface area contributed by atoms with Crippen LogP contribution in [0.1, 0.15) is 38.6 Å². The fraction of sp³-hybridized carbons (Fsp3) is 0.350. The number of terminal acetylenes is 1. The maximum Gasteiger partial charge on any atom is 0.263 e. The van der Waals surface area contributed by atoms with Gasteiger partial charge in [0.25, 0.3) is 5.01 Å². The van der Waals surface area contributed by atoms with Crippen molar-refractivity contribution in [1.29, 1.82) is 0 Å². The van der Waals surface area contributed by atoms with Crippen LogP contribution in [0.4, 0.5) is 0 Å². The first kappa shape index (κ1) is 18.0. The van der Waals surface area contributed by atoms with Crippen molar-refractivity contribution in [2.45, 2.75) is 40.2 Å². The molecule has 0 spiro atoms. The molecule has 0 atom stereocenters. The molecule has 1 aromatic heterocycles. The molecule has 1 nitrogen and oxygen atoms in total. The number of halogens is 1. The molecule has 3 heteroatoms. The summed E-state index contributed by atoms with van der Waals surface area (Å²) in [6.45, 7) is 7.54. The monoisotopic (exact) mass is 387 g/mol. The zero-order chi connectivity index (χ0) is 15.7. The highest BCUT2D eigenvalue weighted by Crippen LogP contribution is 2.38. The molecular formula is C20H22BrNS. The van der Waals surface area contributed by atoms with Gasteiger partial charge < -0.3 is 17.0 Å². The van der Waals surface area contributed by atoms with Gasteiger partial charge >= 0.3 is 0 Å². The molecule has 0 radical (unpaired) electrons. The Morgan fingerprint density at radius 1 is 1.30 bits per heavy atom. The fourth-order valence-electron chi connectivity index (χ4n) is 3.45. The van der Waals surface area contributed by atoms with Gasteiger partial charge in [-0.1, -0.05) is 49.0 Å². The van der Waals surface area contributed by atoms with E-state index in [9.17, 15) is 0 Å². The molecule has 0 fully saturated rings. The van der Waals surface area contributed by atoms with E-state index in [1.165, 1.54) is 32.8 Å². The van der Waals surface area contributed by atoms with Crippen LogP contribution in [0.25, 0.3) is 16.3 Å². The summed E-state index contributed by atoms with van der Waals surface area (Å²) < 4.78 is 3.54. The Balaban J connectivity index is 0.00000192. The second-order valence-corrected chi connectivity index (χ2v) is 7.99. The van der Waals surface area contributed by atoms with Crippen LogP contribution in [0, 0.1) is 17.8 Å². The summed E-state index contributed by atoms with van der Waals surface area (Å²) in [5.41, 5.74) is 4.45. The molecule has 0 saturated carbocycles. The van der Waals surface area contributed by atoms with Gasteiger partial charge in [0.15, 0.2) is 0 Å². The molecule has 0 bridgehead atoms. The van der Waals surface area contributed by atoms with E-state index in [-0.39, 0.29) is 17.0 Å². The Morgan fingerprint density at radius 2 is 2.04 bits per heavy atom. The Bertz CT molecular complexity index is 818. The van der Waals surface area contributed by atoms with Crippen LogP contribution in [-0.2, 0) is 6.54 Å². The molecule has 1 heterocycles. The lowest BCUT2D eigenvalue weighted by atomic mass is 9.75. The fourth-order valence-corrected chi connectivity index (χ4v) is 4.59. The Hall–Kier alpha value is -1.37. The van der Waals surface area contributed by atoms with Gasteiger partial charge in [0.2, 0.25) is 12.1 Å². The van der Waals surface area contributed by atoms with E-state index in [0.717, 1.165) is 6.42 Å². The molecule has 1 aromatic carbocycles. The van der Waals surface area contributed by atoms with E-state index in [1.54, 1.807) is 0 Å². The van der Waals surface area contributed by atoms with Crippen molar-refractivity contribution in [3.05, 3.63) is 46.5 Å². The van der Waals surface area contributed by atoms with Crippen molar-refractivity contribution in [2.75, 3.05) is 0 Å². The molecule has 0 amide bonds. The normalized spacial score (nSPS) is 18.3. The molecule has 1 aliphatic carbocycles. The van der Waals surface area contributed by atoms with Gasteiger partial charge in [-0.05, 0) is 42.7 Å². The van der Waals surface area contributed by atoms with Crippen molar-refractivity contribution in [3.63, 3.8) is 0 Å². The van der Waals surface area contributed by atoms with Gasteiger partial charge in [0.05, 0.1) is 0 Å².